The Bertz CT molecular complexity index is 714. The van der Waals surface area contributed by atoms with Crippen LogP contribution < -0.4 is 4.74 Å². The predicted octanol–water partition coefficient (Wildman–Crippen LogP) is 9.44. The van der Waals surface area contributed by atoms with E-state index >= 15 is 0 Å². The molecule has 192 valence electrons. The second-order valence-electron chi connectivity index (χ2n) is 11.3. The number of benzene rings is 1. The molecule has 0 unspecified atom stereocenters. The normalized spacial score (nSPS) is 25.3. The van der Waals surface area contributed by atoms with Crippen LogP contribution in [0.5, 0.6) is 5.75 Å². The average molecular weight is 473 g/mol. The zero-order valence-corrected chi connectivity index (χ0v) is 22.0. The molecule has 2 fully saturated rings. The summed E-state index contributed by atoms with van der Waals surface area (Å²) in [6.07, 6.45) is 22.5. The Morgan fingerprint density at radius 2 is 1.44 bits per heavy atom. The van der Waals surface area contributed by atoms with Gasteiger partial charge in [0.15, 0.2) is 0 Å². The molecule has 0 amide bonds. The first kappa shape index (κ1) is 27.2. The van der Waals surface area contributed by atoms with E-state index in [1.807, 2.05) is 6.92 Å². The zero-order chi connectivity index (χ0) is 24.2. The molecule has 2 aliphatic carbocycles. The number of esters is 1. The van der Waals surface area contributed by atoms with Gasteiger partial charge in [0, 0.05) is 12.5 Å². The van der Waals surface area contributed by atoms with Crippen molar-refractivity contribution in [1.82, 2.24) is 0 Å². The third-order valence-electron chi connectivity index (χ3n) is 8.70. The Morgan fingerprint density at radius 1 is 0.824 bits per heavy atom. The number of rotatable bonds is 13. The Morgan fingerprint density at radius 3 is 2.03 bits per heavy atom. The van der Waals surface area contributed by atoms with Crippen molar-refractivity contribution in [2.24, 2.45) is 23.7 Å². The molecule has 1 aromatic carbocycles. The van der Waals surface area contributed by atoms with Crippen LogP contribution in [0.4, 0.5) is 4.39 Å². The van der Waals surface area contributed by atoms with E-state index in [4.69, 9.17) is 4.74 Å². The Kier molecular flexibility index (Phi) is 11.9. The van der Waals surface area contributed by atoms with Crippen LogP contribution in [0, 0.1) is 29.5 Å². The largest absolute Gasteiger partial charge is 0.426 e. The fourth-order valence-electron chi connectivity index (χ4n) is 6.50. The molecule has 2 nitrogen and oxygen atoms in total. The molecule has 0 bridgehead atoms. The van der Waals surface area contributed by atoms with E-state index in [-0.39, 0.29) is 11.8 Å². The van der Waals surface area contributed by atoms with E-state index in [1.165, 1.54) is 96.0 Å². The van der Waals surface area contributed by atoms with Crippen molar-refractivity contribution in [3.05, 3.63) is 29.6 Å². The highest BCUT2D eigenvalue weighted by atomic mass is 19.1. The summed E-state index contributed by atoms with van der Waals surface area (Å²) in [6, 6.07) is 4.82. The van der Waals surface area contributed by atoms with Gasteiger partial charge in [0.05, 0.1) is 0 Å². The summed E-state index contributed by atoms with van der Waals surface area (Å²) in [7, 11) is 0. The third kappa shape index (κ3) is 9.00. The first-order chi connectivity index (χ1) is 16.6. The predicted molar refractivity (Wildman–Crippen MR) is 140 cm³/mol. The molecule has 3 rings (SSSR count). The third-order valence-corrected chi connectivity index (χ3v) is 8.70. The Balaban J connectivity index is 1.28. The van der Waals surface area contributed by atoms with Crippen LogP contribution in [-0.4, -0.2) is 5.97 Å². The molecule has 0 atom stereocenters. The second-order valence-corrected chi connectivity index (χ2v) is 11.3. The fraction of sp³-hybridized carbons (Fsp3) is 0.774. The van der Waals surface area contributed by atoms with Crippen LogP contribution in [-0.2, 0) is 11.2 Å². The summed E-state index contributed by atoms with van der Waals surface area (Å²) >= 11 is 0. The molecular formula is C31H49FO2. The van der Waals surface area contributed by atoms with E-state index in [0.29, 0.717) is 30.1 Å². The fourth-order valence-corrected chi connectivity index (χ4v) is 6.50. The van der Waals surface area contributed by atoms with Gasteiger partial charge in [0.25, 0.3) is 0 Å². The first-order valence-corrected chi connectivity index (χ1v) is 14.6. The van der Waals surface area contributed by atoms with Gasteiger partial charge in [0.1, 0.15) is 11.6 Å². The van der Waals surface area contributed by atoms with Crippen molar-refractivity contribution in [2.75, 3.05) is 0 Å². The molecule has 34 heavy (non-hydrogen) atoms. The quantitative estimate of drug-likeness (QED) is 0.162. The smallest absolute Gasteiger partial charge is 0.311 e. The molecule has 0 radical (unpaired) electrons. The van der Waals surface area contributed by atoms with Gasteiger partial charge in [-0.3, -0.25) is 4.79 Å². The van der Waals surface area contributed by atoms with E-state index < -0.39 is 0 Å². The van der Waals surface area contributed by atoms with Crippen molar-refractivity contribution in [3.63, 3.8) is 0 Å². The molecule has 0 saturated heterocycles. The lowest BCUT2D eigenvalue weighted by Crippen LogP contribution is -2.26. The minimum absolute atomic E-state index is 0.224. The number of aryl methyl sites for hydroxylation is 1. The summed E-state index contributed by atoms with van der Waals surface area (Å²) < 4.78 is 19.5. The second kappa shape index (κ2) is 14.9. The van der Waals surface area contributed by atoms with E-state index in [0.717, 1.165) is 30.6 Å². The van der Waals surface area contributed by atoms with Gasteiger partial charge in [-0.25, -0.2) is 4.39 Å². The van der Waals surface area contributed by atoms with Gasteiger partial charge in [-0.2, -0.15) is 0 Å². The molecule has 3 heteroatoms. The molecule has 2 saturated carbocycles. The Labute approximate surface area is 208 Å². The monoisotopic (exact) mass is 472 g/mol. The van der Waals surface area contributed by atoms with Crippen LogP contribution in [0.25, 0.3) is 0 Å². The van der Waals surface area contributed by atoms with Crippen LogP contribution in [0.1, 0.15) is 129 Å². The summed E-state index contributed by atoms with van der Waals surface area (Å²) in [6.45, 7) is 4.32. The molecule has 2 aliphatic rings. The molecular weight excluding hydrogens is 423 g/mol. The molecule has 0 aromatic heterocycles. The highest BCUT2D eigenvalue weighted by Gasteiger charge is 2.30. The number of hydrogen-bond donors (Lipinski definition) is 0. The average Bonchev–Trinajstić information content (AvgIpc) is 2.85. The van der Waals surface area contributed by atoms with Crippen LogP contribution in [0.15, 0.2) is 18.2 Å². The van der Waals surface area contributed by atoms with Gasteiger partial charge in [-0.1, -0.05) is 90.5 Å². The molecule has 0 aliphatic heterocycles. The van der Waals surface area contributed by atoms with Crippen molar-refractivity contribution in [1.29, 1.82) is 0 Å². The van der Waals surface area contributed by atoms with Gasteiger partial charge in [0.2, 0.25) is 0 Å². The maximum atomic E-state index is 14.1. The minimum atomic E-state index is -0.272. The number of carbonyl (C=O) groups is 1. The lowest BCUT2D eigenvalue weighted by molar-refractivity contribution is -0.134. The summed E-state index contributed by atoms with van der Waals surface area (Å²) in [5.41, 5.74) is 0.690. The van der Waals surface area contributed by atoms with Crippen LogP contribution in [0.2, 0.25) is 0 Å². The maximum Gasteiger partial charge on any atom is 0.311 e. The Hall–Kier alpha value is -1.38. The number of ether oxygens (including phenoxy) is 1. The minimum Gasteiger partial charge on any atom is -0.426 e. The van der Waals surface area contributed by atoms with Crippen molar-refractivity contribution in [2.45, 2.75) is 129 Å². The highest BCUT2D eigenvalue weighted by molar-refractivity contribution is 5.72. The number of hydrogen-bond acceptors (Lipinski definition) is 2. The standard InChI is InChI=1S/C31H49FO2/c1-3-5-6-7-8-10-24-11-16-26(17-12-24)27-18-13-25(14-19-27)15-22-31(33)34-29-21-20-28(9-4-2)30(32)23-29/h20-21,23-27H,3-19,22H2,1-2H3/t24-,25?,26-,27?. The highest BCUT2D eigenvalue weighted by Crippen LogP contribution is 2.43. The van der Waals surface area contributed by atoms with Crippen LogP contribution in [0.3, 0.4) is 0 Å². The first-order valence-electron chi connectivity index (χ1n) is 14.6. The van der Waals surface area contributed by atoms with Crippen molar-refractivity contribution >= 4 is 5.97 Å². The SMILES string of the molecule is CCCCCCC[C@H]1CC[C@H](C2CCC(CCC(=O)Oc3ccc(CCC)c(F)c3)CC2)CC1. The van der Waals surface area contributed by atoms with E-state index in [1.54, 1.807) is 12.1 Å². The lowest BCUT2D eigenvalue weighted by Gasteiger charge is -2.38. The molecule has 0 heterocycles. The summed E-state index contributed by atoms with van der Waals surface area (Å²) in [5.74, 6) is 3.35. The van der Waals surface area contributed by atoms with E-state index in [2.05, 4.69) is 6.92 Å². The van der Waals surface area contributed by atoms with E-state index in [9.17, 15) is 9.18 Å². The van der Waals surface area contributed by atoms with Gasteiger partial charge < -0.3 is 4.74 Å². The van der Waals surface area contributed by atoms with Gasteiger partial charge in [-0.05, 0) is 73.8 Å². The summed E-state index contributed by atoms with van der Waals surface area (Å²) in [5, 5.41) is 0. The molecule has 1 aromatic rings. The molecule has 0 N–H and O–H groups in total. The number of unbranched alkanes of at least 4 members (excludes halogenated alkanes) is 4. The van der Waals surface area contributed by atoms with Crippen LogP contribution >= 0.6 is 0 Å². The van der Waals surface area contributed by atoms with Crippen molar-refractivity contribution in [3.8, 4) is 5.75 Å². The maximum absolute atomic E-state index is 14.1. The number of halogens is 1. The summed E-state index contributed by atoms with van der Waals surface area (Å²) in [4.78, 5) is 12.3. The lowest BCUT2D eigenvalue weighted by atomic mass is 9.68. The topological polar surface area (TPSA) is 26.3 Å². The number of carbonyl (C=O) groups excluding carboxylic acids is 1. The van der Waals surface area contributed by atoms with Crippen molar-refractivity contribution < 1.29 is 13.9 Å². The van der Waals surface area contributed by atoms with Gasteiger partial charge in [-0.15, -0.1) is 0 Å². The van der Waals surface area contributed by atoms with Gasteiger partial charge >= 0.3 is 5.97 Å². The zero-order valence-electron chi connectivity index (χ0n) is 22.0. The molecule has 0 spiro atoms.